The number of aliphatic hydroxyl groups is 1. The van der Waals surface area contributed by atoms with Crippen LogP contribution < -0.4 is 4.90 Å². The third kappa shape index (κ3) is 5.72. The number of anilines is 1. The summed E-state index contributed by atoms with van der Waals surface area (Å²) in [6.07, 6.45) is 1.93. The number of aromatic carboxylic acids is 1. The van der Waals surface area contributed by atoms with Crippen molar-refractivity contribution in [1.29, 1.82) is 0 Å². The predicted octanol–water partition coefficient (Wildman–Crippen LogP) is 5.76. The Bertz CT molecular complexity index is 1080. The summed E-state index contributed by atoms with van der Waals surface area (Å²) < 4.78 is 0. The van der Waals surface area contributed by atoms with Crippen LogP contribution in [0.2, 0.25) is 5.02 Å². The quantitative estimate of drug-likeness (QED) is 0.553. The monoisotopic (exact) mass is 473 g/mol. The lowest BCUT2D eigenvalue weighted by molar-refractivity contribution is 0.0702. The summed E-state index contributed by atoms with van der Waals surface area (Å²) in [6, 6.07) is 6.56. The Kier molecular flexibility index (Phi) is 7.34. The number of amides is 1. The number of rotatable bonds is 4. The van der Waals surface area contributed by atoms with Gasteiger partial charge in [-0.2, -0.15) is 0 Å². The topological polar surface area (TPSA) is 77.8 Å². The zero-order valence-corrected chi connectivity index (χ0v) is 20.3. The van der Waals surface area contributed by atoms with Gasteiger partial charge in [-0.15, -0.1) is 11.3 Å². The molecule has 5 nitrogen and oxygen atoms in total. The van der Waals surface area contributed by atoms with Crippen molar-refractivity contribution >= 4 is 40.5 Å². The highest BCUT2D eigenvalue weighted by Crippen LogP contribution is 2.36. The van der Waals surface area contributed by atoms with Crippen LogP contribution in [0.3, 0.4) is 0 Å². The van der Waals surface area contributed by atoms with Crippen LogP contribution in [0, 0.1) is 24.2 Å². The molecule has 2 aromatic rings. The molecule has 0 atom stereocenters. The maximum absolute atomic E-state index is 13.7. The first kappa shape index (κ1) is 24.3. The van der Waals surface area contributed by atoms with Gasteiger partial charge in [0.1, 0.15) is 4.88 Å². The first-order valence-electron chi connectivity index (χ1n) is 10.6. The molecule has 0 radical (unpaired) electrons. The maximum Gasteiger partial charge on any atom is 0.348 e. The fraction of sp³-hybridized carbons (Fsp3) is 0.440. The van der Waals surface area contributed by atoms with E-state index in [1.165, 1.54) is 0 Å². The van der Waals surface area contributed by atoms with Crippen molar-refractivity contribution in [3.63, 3.8) is 0 Å². The van der Waals surface area contributed by atoms with E-state index in [4.69, 9.17) is 11.6 Å². The summed E-state index contributed by atoms with van der Waals surface area (Å²) in [5.41, 5.74) is 1.35. The highest BCUT2D eigenvalue weighted by molar-refractivity contribution is 7.15. The number of aryl methyl sites for hydroxylation is 1. The Morgan fingerprint density at radius 1 is 1.16 bits per heavy atom. The second-order valence-electron chi connectivity index (χ2n) is 9.23. The second-order valence-corrected chi connectivity index (χ2v) is 10.7. The maximum atomic E-state index is 13.7. The molecule has 0 unspecified atom stereocenters. The summed E-state index contributed by atoms with van der Waals surface area (Å²) in [6.45, 7) is 7.78. The van der Waals surface area contributed by atoms with Gasteiger partial charge >= 0.3 is 5.97 Å². The number of aliphatic hydroxyl groups excluding tert-OH is 1. The number of carbonyl (C=O) groups excluding carboxylic acids is 1. The molecular formula is C25H28ClNO4S. The van der Waals surface area contributed by atoms with Gasteiger partial charge in [-0.05, 0) is 83.2 Å². The van der Waals surface area contributed by atoms with Crippen molar-refractivity contribution in [2.75, 3.05) is 4.90 Å². The third-order valence-electron chi connectivity index (χ3n) is 5.38. The molecular weight excluding hydrogens is 446 g/mol. The molecule has 7 heteroatoms. The van der Waals surface area contributed by atoms with Gasteiger partial charge in [0.2, 0.25) is 0 Å². The van der Waals surface area contributed by atoms with Crippen molar-refractivity contribution in [3.8, 4) is 11.8 Å². The molecule has 1 aliphatic rings. The molecule has 0 bridgehead atoms. The van der Waals surface area contributed by atoms with Gasteiger partial charge in [0.05, 0.1) is 16.7 Å². The van der Waals surface area contributed by atoms with Crippen molar-refractivity contribution in [1.82, 2.24) is 0 Å². The van der Waals surface area contributed by atoms with E-state index in [0.717, 1.165) is 16.9 Å². The standard InChI is InChI=1S/C25H28ClNO4S/c1-15-13-16(5-10-20(15)26)23(29)27(17-6-8-18(28)9-7-17)21-14-19(11-12-25(2,3)4)32-22(21)24(30)31/h5,10,13-14,17-18,28H,6-9H2,1-4H3,(H,30,31). The number of hydrogen-bond donors (Lipinski definition) is 2. The molecule has 32 heavy (non-hydrogen) atoms. The van der Waals surface area contributed by atoms with E-state index in [-0.39, 0.29) is 22.2 Å². The average Bonchev–Trinajstić information content (AvgIpc) is 3.14. The van der Waals surface area contributed by atoms with Crippen molar-refractivity contribution < 1.29 is 19.8 Å². The van der Waals surface area contributed by atoms with E-state index in [9.17, 15) is 19.8 Å². The minimum Gasteiger partial charge on any atom is -0.477 e. The fourth-order valence-electron chi connectivity index (χ4n) is 3.73. The van der Waals surface area contributed by atoms with Crippen LogP contribution in [0.4, 0.5) is 5.69 Å². The summed E-state index contributed by atoms with van der Waals surface area (Å²) in [5.74, 6) is 4.84. The molecule has 1 aliphatic carbocycles. The van der Waals surface area contributed by atoms with E-state index < -0.39 is 12.1 Å². The number of carboxylic acid groups (broad SMARTS) is 1. The smallest absolute Gasteiger partial charge is 0.348 e. The Labute approximate surface area is 198 Å². The zero-order chi connectivity index (χ0) is 23.6. The molecule has 0 saturated heterocycles. The Balaban J connectivity index is 2.11. The van der Waals surface area contributed by atoms with Gasteiger partial charge in [0.25, 0.3) is 5.91 Å². The number of nitrogens with zero attached hydrogens (tertiary/aromatic N) is 1. The molecule has 0 spiro atoms. The number of hydrogen-bond acceptors (Lipinski definition) is 4. The van der Waals surface area contributed by atoms with Crippen LogP contribution in [0.15, 0.2) is 24.3 Å². The number of carboxylic acids is 1. The molecule has 3 rings (SSSR count). The Hall–Kier alpha value is -2.33. The van der Waals surface area contributed by atoms with Gasteiger partial charge in [-0.25, -0.2) is 4.79 Å². The highest BCUT2D eigenvalue weighted by atomic mass is 35.5. The minimum absolute atomic E-state index is 0.0911. The summed E-state index contributed by atoms with van der Waals surface area (Å²) in [4.78, 5) is 28.1. The average molecular weight is 474 g/mol. The molecule has 1 saturated carbocycles. The second kappa shape index (κ2) is 9.66. The lowest BCUT2D eigenvalue weighted by atomic mass is 9.91. The molecule has 1 fully saturated rings. The van der Waals surface area contributed by atoms with Crippen LogP contribution in [-0.2, 0) is 0 Å². The van der Waals surface area contributed by atoms with Gasteiger partial charge < -0.3 is 15.1 Å². The van der Waals surface area contributed by atoms with E-state index in [0.29, 0.717) is 46.8 Å². The van der Waals surface area contributed by atoms with Gasteiger partial charge in [0.15, 0.2) is 0 Å². The molecule has 2 N–H and O–H groups in total. The van der Waals surface area contributed by atoms with Crippen LogP contribution in [0.5, 0.6) is 0 Å². The van der Waals surface area contributed by atoms with Crippen molar-refractivity contribution in [3.05, 3.63) is 50.2 Å². The number of benzene rings is 1. The van der Waals surface area contributed by atoms with Gasteiger partial charge in [0, 0.05) is 22.0 Å². The van der Waals surface area contributed by atoms with Gasteiger partial charge in [-0.1, -0.05) is 23.4 Å². The van der Waals surface area contributed by atoms with E-state index >= 15 is 0 Å². The molecule has 1 aromatic carbocycles. The molecule has 1 heterocycles. The summed E-state index contributed by atoms with van der Waals surface area (Å²) in [7, 11) is 0. The number of halogens is 1. The third-order valence-corrected chi connectivity index (χ3v) is 6.83. The van der Waals surface area contributed by atoms with Crippen molar-refractivity contribution in [2.24, 2.45) is 5.41 Å². The fourth-order valence-corrected chi connectivity index (χ4v) is 4.69. The first-order valence-corrected chi connectivity index (χ1v) is 11.8. The van der Waals surface area contributed by atoms with Crippen LogP contribution >= 0.6 is 22.9 Å². The molecule has 170 valence electrons. The van der Waals surface area contributed by atoms with Crippen molar-refractivity contribution in [2.45, 2.75) is 65.5 Å². The van der Waals surface area contributed by atoms with E-state index in [2.05, 4.69) is 11.8 Å². The highest BCUT2D eigenvalue weighted by Gasteiger charge is 2.34. The molecule has 0 aliphatic heterocycles. The largest absolute Gasteiger partial charge is 0.477 e. The Morgan fingerprint density at radius 3 is 2.38 bits per heavy atom. The minimum atomic E-state index is -1.09. The lowest BCUT2D eigenvalue weighted by Crippen LogP contribution is -2.43. The summed E-state index contributed by atoms with van der Waals surface area (Å²) >= 11 is 7.23. The number of thiophene rings is 1. The van der Waals surface area contributed by atoms with Crippen LogP contribution in [0.1, 0.15) is 76.9 Å². The zero-order valence-electron chi connectivity index (χ0n) is 18.7. The summed E-state index contributed by atoms with van der Waals surface area (Å²) in [5, 5.41) is 20.4. The van der Waals surface area contributed by atoms with Crippen LogP contribution in [-0.4, -0.2) is 34.2 Å². The first-order chi connectivity index (χ1) is 15.0. The number of carbonyl (C=O) groups is 2. The normalized spacial score (nSPS) is 18.6. The van der Waals surface area contributed by atoms with E-state index in [1.54, 1.807) is 29.2 Å². The molecule has 1 aromatic heterocycles. The SMILES string of the molecule is Cc1cc(C(=O)N(c2cc(C#CC(C)(C)C)sc2C(=O)O)C2CCC(O)CC2)ccc1Cl. The lowest BCUT2D eigenvalue weighted by Gasteiger charge is -2.35. The predicted molar refractivity (Wildman–Crippen MR) is 129 cm³/mol. The van der Waals surface area contributed by atoms with E-state index in [1.807, 2.05) is 27.7 Å². The van der Waals surface area contributed by atoms with Crippen LogP contribution in [0.25, 0.3) is 0 Å². The van der Waals surface area contributed by atoms with Gasteiger partial charge in [-0.3, -0.25) is 4.79 Å². The molecule has 1 amide bonds. The Morgan fingerprint density at radius 2 is 1.81 bits per heavy atom.